The lowest BCUT2D eigenvalue weighted by atomic mass is 9.82. The van der Waals surface area contributed by atoms with Gasteiger partial charge in [0, 0.05) is 20.8 Å². The topological polar surface area (TPSA) is 96.9 Å². The first kappa shape index (κ1) is 16.7. The van der Waals surface area contributed by atoms with E-state index in [-0.39, 0.29) is 12.6 Å². The zero-order valence-electron chi connectivity index (χ0n) is 12.1. The van der Waals surface area contributed by atoms with Crippen molar-refractivity contribution in [1.82, 2.24) is 10.6 Å². The van der Waals surface area contributed by atoms with Crippen LogP contribution in [0.15, 0.2) is 0 Å². The molecule has 0 aromatic rings. The zero-order valence-corrected chi connectivity index (χ0v) is 12.1. The average molecular weight is 288 g/mol. The number of amides is 2. The highest BCUT2D eigenvalue weighted by atomic mass is 16.5. The highest BCUT2D eigenvalue weighted by Crippen LogP contribution is 2.28. The fourth-order valence-corrected chi connectivity index (χ4v) is 2.41. The lowest BCUT2D eigenvalue weighted by Gasteiger charge is -2.34. The van der Waals surface area contributed by atoms with Crippen molar-refractivity contribution in [2.75, 3.05) is 27.4 Å². The molecular formula is C13H24N2O5. The van der Waals surface area contributed by atoms with Crippen LogP contribution in [0.2, 0.25) is 0 Å². The summed E-state index contributed by atoms with van der Waals surface area (Å²) in [7, 11) is 3.08. The minimum absolute atomic E-state index is 0.252. The summed E-state index contributed by atoms with van der Waals surface area (Å²) in [6.45, 7) is 0.632. The van der Waals surface area contributed by atoms with Crippen molar-refractivity contribution >= 4 is 12.0 Å². The van der Waals surface area contributed by atoms with E-state index in [1.807, 2.05) is 0 Å². The monoisotopic (exact) mass is 288 g/mol. The second kappa shape index (κ2) is 8.06. The third-order valence-corrected chi connectivity index (χ3v) is 3.65. The highest BCUT2D eigenvalue weighted by molar-refractivity contribution is 5.86. The summed E-state index contributed by atoms with van der Waals surface area (Å²) in [6.07, 6.45) is 3.34. The molecule has 0 aliphatic heterocycles. The van der Waals surface area contributed by atoms with Crippen molar-refractivity contribution in [1.29, 1.82) is 0 Å². The Hall–Kier alpha value is -1.34. The van der Waals surface area contributed by atoms with Crippen LogP contribution in [0.3, 0.4) is 0 Å². The first-order chi connectivity index (χ1) is 9.54. The molecule has 1 aliphatic rings. The number of carboxylic acids is 1. The quantitative estimate of drug-likeness (QED) is 0.642. The summed E-state index contributed by atoms with van der Waals surface area (Å²) in [5.41, 5.74) is -1.13. The van der Waals surface area contributed by atoms with E-state index in [2.05, 4.69) is 10.6 Å². The van der Waals surface area contributed by atoms with Gasteiger partial charge in [0.15, 0.2) is 0 Å². The summed E-state index contributed by atoms with van der Waals surface area (Å²) in [5, 5.41) is 14.6. The molecule has 7 nitrogen and oxygen atoms in total. The molecule has 116 valence electrons. The molecule has 1 saturated carbocycles. The molecule has 0 bridgehead atoms. The van der Waals surface area contributed by atoms with Crippen LogP contribution in [0, 0.1) is 0 Å². The summed E-state index contributed by atoms with van der Waals surface area (Å²) in [5.74, 6) is -0.965. The molecule has 0 aromatic heterocycles. The third kappa shape index (κ3) is 4.64. The second-order valence-electron chi connectivity index (χ2n) is 5.10. The molecule has 0 spiro atoms. The van der Waals surface area contributed by atoms with Crippen LogP contribution in [-0.4, -0.2) is 56.1 Å². The smallest absolute Gasteiger partial charge is 0.329 e. The number of ether oxygens (including phenoxy) is 2. The van der Waals surface area contributed by atoms with Crippen molar-refractivity contribution in [3.8, 4) is 0 Å². The molecule has 2 amide bonds. The van der Waals surface area contributed by atoms with E-state index in [4.69, 9.17) is 9.47 Å². The molecular weight excluding hydrogens is 264 g/mol. The van der Waals surface area contributed by atoms with Gasteiger partial charge in [-0.2, -0.15) is 0 Å². The van der Waals surface area contributed by atoms with Gasteiger partial charge in [-0.25, -0.2) is 9.59 Å². The van der Waals surface area contributed by atoms with Gasteiger partial charge in [0.1, 0.15) is 5.54 Å². The number of carbonyl (C=O) groups excluding carboxylic acids is 1. The molecule has 3 N–H and O–H groups in total. The van der Waals surface area contributed by atoms with Crippen LogP contribution in [0.1, 0.15) is 32.1 Å². The van der Waals surface area contributed by atoms with Gasteiger partial charge >= 0.3 is 12.0 Å². The highest BCUT2D eigenvalue weighted by Gasteiger charge is 2.40. The molecule has 7 heteroatoms. The van der Waals surface area contributed by atoms with Crippen LogP contribution in [0.4, 0.5) is 4.79 Å². The van der Waals surface area contributed by atoms with Gasteiger partial charge in [-0.05, 0) is 12.8 Å². The van der Waals surface area contributed by atoms with Crippen molar-refractivity contribution in [3.05, 3.63) is 0 Å². The Morgan fingerprint density at radius 3 is 2.40 bits per heavy atom. The summed E-state index contributed by atoms with van der Waals surface area (Å²) in [4.78, 5) is 23.3. The van der Waals surface area contributed by atoms with Gasteiger partial charge in [-0.1, -0.05) is 19.3 Å². The molecule has 1 unspecified atom stereocenters. The van der Waals surface area contributed by atoms with E-state index in [1.54, 1.807) is 7.11 Å². The van der Waals surface area contributed by atoms with Gasteiger partial charge in [-0.3, -0.25) is 0 Å². The van der Waals surface area contributed by atoms with Gasteiger partial charge in [0.05, 0.1) is 12.7 Å². The fourth-order valence-electron chi connectivity index (χ4n) is 2.41. The minimum Gasteiger partial charge on any atom is -0.480 e. The van der Waals surface area contributed by atoms with Crippen LogP contribution >= 0.6 is 0 Å². The van der Waals surface area contributed by atoms with E-state index in [1.165, 1.54) is 7.11 Å². The maximum Gasteiger partial charge on any atom is 0.329 e. The standard InChI is InChI=1S/C13H24N2O5/c1-19-9-10(20-2)8-14-12(18)15-13(11(16)17)6-4-3-5-7-13/h10H,3-9H2,1-2H3,(H,16,17)(H2,14,15,18). The Morgan fingerprint density at radius 1 is 1.25 bits per heavy atom. The number of rotatable bonds is 7. The van der Waals surface area contributed by atoms with Gasteiger partial charge in [0.2, 0.25) is 0 Å². The molecule has 1 atom stereocenters. The summed E-state index contributed by atoms with van der Waals surface area (Å²) >= 11 is 0. The number of methoxy groups -OCH3 is 2. The van der Waals surface area contributed by atoms with Crippen molar-refractivity contribution in [2.45, 2.75) is 43.7 Å². The van der Waals surface area contributed by atoms with E-state index in [9.17, 15) is 14.7 Å². The number of hydrogen-bond donors (Lipinski definition) is 3. The van der Waals surface area contributed by atoms with Gasteiger partial charge < -0.3 is 25.2 Å². The van der Waals surface area contributed by atoms with Crippen molar-refractivity contribution in [3.63, 3.8) is 0 Å². The van der Waals surface area contributed by atoms with E-state index in [0.29, 0.717) is 19.4 Å². The molecule has 0 radical (unpaired) electrons. The predicted octanol–water partition coefficient (Wildman–Crippen LogP) is 0.735. The Bertz CT molecular complexity index is 329. The van der Waals surface area contributed by atoms with Crippen LogP contribution < -0.4 is 10.6 Å². The predicted molar refractivity (Wildman–Crippen MR) is 72.7 cm³/mol. The Kier molecular flexibility index (Phi) is 6.74. The Morgan fingerprint density at radius 2 is 1.90 bits per heavy atom. The van der Waals surface area contributed by atoms with Gasteiger partial charge in [-0.15, -0.1) is 0 Å². The number of hydrogen-bond acceptors (Lipinski definition) is 4. The second-order valence-corrected chi connectivity index (χ2v) is 5.10. The molecule has 1 rings (SSSR count). The largest absolute Gasteiger partial charge is 0.480 e. The average Bonchev–Trinajstić information content (AvgIpc) is 2.44. The number of nitrogens with one attached hydrogen (secondary N) is 2. The molecule has 20 heavy (non-hydrogen) atoms. The maximum absolute atomic E-state index is 11.9. The maximum atomic E-state index is 11.9. The first-order valence-electron chi connectivity index (χ1n) is 6.85. The summed E-state index contributed by atoms with van der Waals surface area (Å²) < 4.78 is 10.1. The van der Waals surface area contributed by atoms with Crippen LogP contribution in [0.5, 0.6) is 0 Å². The Labute approximate surface area is 119 Å². The third-order valence-electron chi connectivity index (χ3n) is 3.65. The van der Waals surface area contributed by atoms with E-state index >= 15 is 0 Å². The molecule has 0 heterocycles. The SMILES string of the molecule is COCC(CNC(=O)NC1(C(=O)O)CCCCC1)OC. The molecule has 0 aromatic carbocycles. The fraction of sp³-hybridized carbons (Fsp3) is 0.846. The zero-order chi connectivity index (χ0) is 15.0. The van der Waals surface area contributed by atoms with Gasteiger partial charge in [0.25, 0.3) is 0 Å². The molecule has 1 fully saturated rings. The van der Waals surface area contributed by atoms with E-state index in [0.717, 1.165) is 19.3 Å². The number of aliphatic carboxylic acids is 1. The van der Waals surface area contributed by atoms with Crippen LogP contribution in [-0.2, 0) is 14.3 Å². The van der Waals surface area contributed by atoms with Crippen molar-refractivity contribution < 1.29 is 24.2 Å². The summed E-state index contributed by atoms with van der Waals surface area (Å²) in [6, 6.07) is -0.479. The van der Waals surface area contributed by atoms with E-state index < -0.39 is 17.5 Å². The molecule has 1 aliphatic carbocycles. The first-order valence-corrected chi connectivity index (χ1v) is 6.85. The Balaban J connectivity index is 2.48. The lowest BCUT2D eigenvalue weighted by Crippen LogP contribution is -2.58. The van der Waals surface area contributed by atoms with Crippen LogP contribution in [0.25, 0.3) is 0 Å². The lowest BCUT2D eigenvalue weighted by molar-refractivity contribution is -0.145. The number of urea groups is 1. The number of carbonyl (C=O) groups is 2. The number of carboxylic acid groups (broad SMARTS) is 1. The van der Waals surface area contributed by atoms with Crippen molar-refractivity contribution in [2.24, 2.45) is 0 Å². The normalized spacial score (nSPS) is 19.1. The molecule has 0 saturated heterocycles. The minimum atomic E-state index is -1.13.